The number of aliphatic hydroxyl groups excluding tert-OH is 1. The number of hydrogen-bond acceptors (Lipinski definition) is 10. The second-order valence-corrected chi connectivity index (χ2v) is 14.6. The fraction of sp³-hybridized carbons (Fsp3) is 0.395. The number of urea groups is 1. The van der Waals surface area contributed by atoms with E-state index in [0.717, 1.165) is 33.8 Å². The van der Waals surface area contributed by atoms with Gasteiger partial charge in [-0.3, -0.25) is 20.2 Å². The van der Waals surface area contributed by atoms with Gasteiger partial charge in [0, 0.05) is 50.1 Å². The Hall–Kier alpha value is -5.86. The van der Waals surface area contributed by atoms with Crippen LogP contribution in [0.1, 0.15) is 49.2 Å². The Balaban J connectivity index is 1.21. The zero-order chi connectivity index (χ0) is 40.3. The van der Waals surface area contributed by atoms with Crippen molar-refractivity contribution in [1.29, 1.82) is 0 Å². The third kappa shape index (κ3) is 10.9. The van der Waals surface area contributed by atoms with Gasteiger partial charge in [-0.25, -0.2) is 19.4 Å². The maximum absolute atomic E-state index is 14.4. The van der Waals surface area contributed by atoms with E-state index in [1.165, 1.54) is 5.01 Å². The van der Waals surface area contributed by atoms with Gasteiger partial charge in [0.2, 0.25) is 12.0 Å². The number of cyclic esters (lactones) is 1. The number of amides is 4. The highest BCUT2D eigenvalue weighted by atomic mass is 16.6. The Kier molecular flexibility index (Phi) is 13.8. The minimum atomic E-state index is -1.21. The van der Waals surface area contributed by atoms with E-state index < -0.39 is 36.4 Å². The number of benzene rings is 2. The summed E-state index contributed by atoms with van der Waals surface area (Å²) in [6.07, 6.45) is -0.253. The number of hydrogen-bond donors (Lipinski definition) is 3. The monoisotopic (exact) mass is 777 g/mol. The van der Waals surface area contributed by atoms with Gasteiger partial charge in [0.25, 0.3) is 0 Å². The second-order valence-electron chi connectivity index (χ2n) is 14.6. The van der Waals surface area contributed by atoms with E-state index in [9.17, 15) is 24.3 Å². The lowest BCUT2D eigenvalue weighted by atomic mass is 9.95. The van der Waals surface area contributed by atoms with E-state index in [4.69, 9.17) is 9.47 Å². The lowest BCUT2D eigenvalue weighted by Gasteiger charge is -2.35. The minimum absolute atomic E-state index is 0.127. The van der Waals surface area contributed by atoms with Gasteiger partial charge in [-0.1, -0.05) is 87.0 Å². The average Bonchev–Trinajstić information content (AvgIpc) is 3.78. The summed E-state index contributed by atoms with van der Waals surface area (Å²) in [5.74, 6) is -1.18. The molecule has 6 rings (SSSR count). The van der Waals surface area contributed by atoms with E-state index >= 15 is 0 Å². The predicted octanol–water partition coefficient (Wildman–Crippen LogP) is 4.65. The molecule has 2 aromatic heterocycles. The first-order valence-corrected chi connectivity index (χ1v) is 19.5. The quantitative estimate of drug-likeness (QED) is 0.102. The third-order valence-corrected chi connectivity index (χ3v) is 10.4. The summed E-state index contributed by atoms with van der Waals surface area (Å²) < 4.78 is 10.3. The van der Waals surface area contributed by atoms with E-state index in [1.807, 2.05) is 112 Å². The van der Waals surface area contributed by atoms with Gasteiger partial charge >= 0.3 is 18.1 Å². The van der Waals surface area contributed by atoms with Gasteiger partial charge in [-0.2, -0.15) is 0 Å². The molecule has 3 N–H and O–H groups in total. The van der Waals surface area contributed by atoms with Crippen molar-refractivity contribution in [2.24, 2.45) is 5.92 Å². The molecule has 2 aromatic carbocycles. The summed E-state index contributed by atoms with van der Waals surface area (Å²) in [5, 5.41) is 16.6. The molecule has 2 aliphatic rings. The lowest BCUT2D eigenvalue weighted by molar-refractivity contribution is -0.144. The van der Waals surface area contributed by atoms with E-state index in [1.54, 1.807) is 16.0 Å². The number of pyridine rings is 2. The molecule has 2 saturated heterocycles. The fourth-order valence-corrected chi connectivity index (χ4v) is 7.15. The summed E-state index contributed by atoms with van der Waals surface area (Å²) >= 11 is 0. The zero-order valence-electron chi connectivity index (χ0n) is 32.6. The number of nitrogens with one attached hydrogen (secondary N) is 2. The van der Waals surface area contributed by atoms with Gasteiger partial charge < -0.3 is 29.7 Å². The van der Waals surface area contributed by atoms with Crippen molar-refractivity contribution in [1.82, 2.24) is 35.5 Å². The largest absolute Gasteiger partial charge is 0.463 e. The molecular formula is C43H51N7O7. The zero-order valence-corrected chi connectivity index (χ0v) is 32.6. The van der Waals surface area contributed by atoms with Crippen molar-refractivity contribution in [3.8, 4) is 11.3 Å². The molecule has 2 aliphatic heterocycles. The van der Waals surface area contributed by atoms with Gasteiger partial charge in [-0.05, 0) is 54.7 Å². The summed E-state index contributed by atoms with van der Waals surface area (Å²) in [5.41, 5.74) is 7.74. The SMILES string of the molecule is CC[C@H](C)[C@@H](C(=O)N[C@@H](Cc1ccccc1)[C@@H](O)CN(Cc1ccc(-c2ccccn2)cc1)NC(=O)OC1CCOC1=O)N1CCN(Cc2cccc(C)n2)C1=O. The van der Waals surface area contributed by atoms with Crippen LogP contribution in [0, 0.1) is 12.8 Å². The van der Waals surface area contributed by atoms with Crippen molar-refractivity contribution in [2.45, 2.75) is 77.4 Å². The first-order chi connectivity index (χ1) is 27.6. The van der Waals surface area contributed by atoms with Crippen LogP contribution in [-0.2, 0) is 38.6 Å². The number of aryl methyl sites for hydroxylation is 1. The van der Waals surface area contributed by atoms with Crippen LogP contribution in [0.15, 0.2) is 97.2 Å². The van der Waals surface area contributed by atoms with Crippen LogP contribution in [0.4, 0.5) is 9.59 Å². The Morgan fingerprint density at radius 2 is 1.75 bits per heavy atom. The topological polar surface area (TPSA) is 167 Å². The van der Waals surface area contributed by atoms with Crippen LogP contribution in [0.3, 0.4) is 0 Å². The molecule has 5 atom stereocenters. The number of hydrazine groups is 1. The minimum Gasteiger partial charge on any atom is -0.463 e. The number of carbonyl (C=O) groups excluding carboxylic acids is 4. The molecule has 57 heavy (non-hydrogen) atoms. The van der Waals surface area contributed by atoms with Gasteiger partial charge in [0.15, 0.2) is 0 Å². The van der Waals surface area contributed by atoms with Crippen LogP contribution in [0.25, 0.3) is 11.3 Å². The summed E-state index contributed by atoms with van der Waals surface area (Å²) in [6.45, 7) is 7.16. The highest BCUT2D eigenvalue weighted by Gasteiger charge is 2.41. The van der Waals surface area contributed by atoms with Gasteiger partial charge in [0.05, 0.1) is 36.7 Å². The number of ether oxygens (including phenoxy) is 2. The smallest absolute Gasteiger partial charge is 0.422 e. The molecule has 2 fully saturated rings. The van der Waals surface area contributed by atoms with Crippen LogP contribution < -0.4 is 10.7 Å². The maximum Gasteiger partial charge on any atom is 0.422 e. The summed E-state index contributed by atoms with van der Waals surface area (Å²) in [7, 11) is 0. The number of esters is 1. The lowest BCUT2D eigenvalue weighted by Crippen LogP contribution is -2.58. The molecule has 300 valence electrons. The highest BCUT2D eigenvalue weighted by molar-refractivity contribution is 5.88. The molecule has 4 heterocycles. The van der Waals surface area contributed by atoms with Crippen molar-refractivity contribution >= 4 is 24.0 Å². The van der Waals surface area contributed by atoms with E-state index in [0.29, 0.717) is 26.1 Å². The first-order valence-electron chi connectivity index (χ1n) is 19.5. The van der Waals surface area contributed by atoms with E-state index in [2.05, 4.69) is 20.7 Å². The number of rotatable bonds is 17. The van der Waals surface area contributed by atoms with Crippen molar-refractivity contribution in [3.05, 3.63) is 120 Å². The number of carbonyl (C=O) groups is 4. The van der Waals surface area contributed by atoms with Crippen molar-refractivity contribution < 1.29 is 33.8 Å². The maximum atomic E-state index is 14.4. The molecule has 0 aliphatic carbocycles. The molecule has 0 spiro atoms. The average molecular weight is 778 g/mol. The highest BCUT2D eigenvalue weighted by Crippen LogP contribution is 2.24. The van der Waals surface area contributed by atoms with Crippen LogP contribution in [-0.4, -0.2) is 104 Å². The van der Waals surface area contributed by atoms with E-state index in [-0.39, 0.29) is 50.4 Å². The molecule has 0 radical (unpaired) electrons. The molecule has 0 bridgehead atoms. The third-order valence-electron chi connectivity index (χ3n) is 10.4. The van der Waals surface area contributed by atoms with Crippen LogP contribution in [0.2, 0.25) is 0 Å². The summed E-state index contributed by atoms with van der Waals surface area (Å²) in [6, 6.07) is 26.6. The van der Waals surface area contributed by atoms with Crippen LogP contribution >= 0.6 is 0 Å². The standard InChI is InChI=1S/C43H51N7O7/c1-4-29(2)39(50-23-22-48(43(50)55)27-34-14-10-11-30(3)45-34)40(52)46-36(25-31-12-6-5-7-13-31)37(51)28-49(47-42(54)57-38-20-24-56-41(38)53)26-32-16-18-33(19-17-32)35-15-8-9-21-44-35/h5-19,21,29,36-39,51H,4,20,22-28H2,1-3H3,(H,46,52)(H,47,54)/t29-,36-,37-,38?,39-/m0/s1. The Bertz CT molecular complexity index is 1970. The van der Waals surface area contributed by atoms with Gasteiger partial charge in [-0.15, -0.1) is 0 Å². The first kappa shape index (κ1) is 40.8. The predicted molar refractivity (Wildman–Crippen MR) is 212 cm³/mol. The Morgan fingerprint density at radius 1 is 0.982 bits per heavy atom. The van der Waals surface area contributed by atoms with Gasteiger partial charge in [0.1, 0.15) is 6.04 Å². The molecule has 4 amide bonds. The van der Waals surface area contributed by atoms with Crippen LogP contribution in [0.5, 0.6) is 0 Å². The molecule has 1 unspecified atom stereocenters. The summed E-state index contributed by atoms with van der Waals surface area (Å²) in [4.78, 5) is 65.8. The molecule has 4 aromatic rings. The van der Waals surface area contributed by atoms with Crippen molar-refractivity contribution in [3.63, 3.8) is 0 Å². The second kappa shape index (κ2) is 19.3. The number of aromatic nitrogens is 2. The Labute approximate surface area is 333 Å². The Morgan fingerprint density at radius 3 is 2.44 bits per heavy atom. The number of nitrogens with zero attached hydrogens (tertiary/aromatic N) is 5. The number of aliphatic hydroxyl groups is 1. The van der Waals surface area contributed by atoms with Crippen molar-refractivity contribution in [2.75, 3.05) is 26.2 Å². The normalized spacial score (nSPS) is 17.5. The molecule has 14 nitrogen and oxygen atoms in total. The molecule has 14 heteroatoms. The molecular weight excluding hydrogens is 727 g/mol. The molecule has 0 saturated carbocycles. The fourth-order valence-electron chi connectivity index (χ4n) is 7.15.